The van der Waals surface area contributed by atoms with Gasteiger partial charge in [0.2, 0.25) is 11.8 Å². The number of carbonyl (C=O) groups excluding carboxylic acids is 3. The molecule has 20 heavy (non-hydrogen) atoms. The third-order valence-corrected chi connectivity index (χ3v) is 4.62. The number of likely N-dealkylation sites (tertiary alicyclic amines) is 1. The monoisotopic (exact) mass is 281 g/mol. The number of amides is 3. The van der Waals surface area contributed by atoms with Gasteiger partial charge in [0, 0.05) is 13.6 Å². The first-order chi connectivity index (χ1) is 9.50. The molecule has 0 aromatic carbocycles. The van der Waals surface area contributed by atoms with Crippen LogP contribution in [0.2, 0.25) is 0 Å². The summed E-state index contributed by atoms with van der Waals surface area (Å²) in [6, 6.07) is -0.716. The van der Waals surface area contributed by atoms with Crippen molar-refractivity contribution in [2.75, 3.05) is 13.6 Å². The summed E-state index contributed by atoms with van der Waals surface area (Å²) >= 11 is 0. The van der Waals surface area contributed by atoms with Gasteiger partial charge in [-0.2, -0.15) is 0 Å². The Kier molecular flexibility index (Phi) is 4.42. The van der Waals surface area contributed by atoms with Crippen LogP contribution in [0.3, 0.4) is 0 Å². The van der Waals surface area contributed by atoms with Crippen molar-refractivity contribution in [1.29, 1.82) is 0 Å². The fraction of sp³-hybridized carbons (Fsp3) is 0.786. The highest BCUT2D eigenvalue weighted by Crippen LogP contribution is 2.34. The number of nitrogens with zero attached hydrogens (tertiary/aromatic N) is 1. The van der Waals surface area contributed by atoms with Crippen molar-refractivity contribution in [3.8, 4) is 0 Å². The maximum Gasteiger partial charge on any atom is 0.252 e. The zero-order chi connectivity index (χ0) is 14.8. The molecule has 1 aliphatic heterocycles. The Morgan fingerprint density at radius 1 is 1.30 bits per heavy atom. The minimum atomic E-state index is -0.716. The molecule has 3 amide bonds. The van der Waals surface area contributed by atoms with Gasteiger partial charge >= 0.3 is 0 Å². The summed E-state index contributed by atoms with van der Waals surface area (Å²) in [5, 5.41) is 2.75. The summed E-state index contributed by atoms with van der Waals surface area (Å²) in [4.78, 5) is 37.0. The summed E-state index contributed by atoms with van der Waals surface area (Å²) in [7, 11) is 1.45. The van der Waals surface area contributed by atoms with Gasteiger partial charge in [-0.25, -0.2) is 0 Å². The molecule has 0 radical (unpaired) electrons. The summed E-state index contributed by atoms with van der Waals surface area (Å²) in [6.07, 6.45) is 5.81. The van der Waals surface area contributed by atoms with Crippen LogP contribution in [0.5, 0.6) is 0 Å². The van der Waals surface area contributed by atoms with Crippen molar-refractivity contribution in [3.63, 3.8) is 0 Å². The van der Waals surface area contributed by atoms with E-state index < -0.39 is 11.5 Å². The van der Waals surface area contributed by atoms with Crippen LogP contribution in [0.1, 0.15) is 44.9 Å². The first kappa shape index (κ1) is 15.0. The first-order valence-corrected chi connectivity index (χ1v) is 7.31. The smallest absolute Gasteiger partial charge is 0.252 e. The average Bonchev–Trinajstić information content (AvgIpc) is 2.67. The lowest BCUT2D eigenvalue weighted by atomic mass is 9.79. The molecule has 1 aliphatic carbocycles. The van der Waals surface area contributed by atoms with E-state index in [1.165, 1.54) is 7.05 Å². The molecule has 1 atom stereocenters. The molecule has 112 valence electrons. The molecule has 2 fully saturated rings. The van der Waals surface area contributed by atoms with Gasteiger partial charge < -0.3 is 11.1 Å². The van der Waals surface area contributed by atoms with Crippen molar-refractivity contribution in [2.45, 2.75) is 51.0 Å². The molecule has 0 spiro atoms. The van der Waals surface area contributed by atoms with E-state index in [1.807, 2.05) is 0 Å². The van der Waals surface area contributed by atoms with Gasteiger partial charge in [0.05, 0.1) is 11.8 Å². The van der Waals surface area contributed by atoms with Crippen LogP contribution in [0.4, 0.5) is 0 Å². The second-order valence-corrected chi connectivity index (χ2v) is 5.92. The van der Waals surface area contributed by atoms with Gasteiger partial charge in [0.1, 0.15) is 6.04 Å². The Balaban J connectivity index is 2.06. The Labute approximate surface area is 119 Å². The van der Waals surface area contributed by atoms with Crippen LogP contribution in [0.15, 0.2) is 0 Å². The van der Waals surface area contributed by atoms with Crippen LogP contribution in [-0.4, -0.2) is 42.3 Å². The number of imide groups is 1. The zero-order valence-corrected chi connectivity index (χ0v) is 12.0. The average molecular weight is 281 g/mol. The third kappa shape index (κ3) is 2.70. The van der Waals surface area contributed by atoms with Gasteiger partial charge in [-0.3, -0.25) is 19.3 Å². The second-order valence-electron chi connectivity index (χ2n) is 5.92. The van der Waals surface area contributed by atoms with Crippen LogP contribution >= 0.6 is 0 Å². The SMILES string of the molecule is CN1C(=O)CC(NC(=O)C2(CN)CCCCCC2)C1=O. The van der Waals surface area contributed by atoms with Gasteiger partial charge in [-0.05, 0) is 12.8 Å². The van der Waals surface area contributed by atoms with E-state index in [1.54, 1.807) is 0 Å². The normalized spacial score (nSPS) is 26.5. The molecule has 0 aromatic heterocycles. The Bertz CT molecular complexity index is 414. The zero-order valence-electron chi connectivity index (χ0n) is 12.0. The fourth-order valence-electron chi connectivity index (χ4n) is 3.11. The van der Waals surface area contributed by atoms with Crippen molar-refractivity contribution in [2.24, 2.45) is 11.1 Å². The maximum absolute atomic E-state index is 12.5. The minimum Gasteiger partial charge on any atom is -0.343 e. The molecule has 1 unspecified atom stereocenters. The molecular weight excluding hydrogens is 258 g/mol. The topological polar surface area (TPSA) is 92.5 Å². The molecule has 0 aromatic rings. The number of hydrogen-bond acceptors (Lipinski definition) is 4. The van der Waals surface area contributed by atoms with E-state index in [2.05, 4.69) is 5.32 Å². The summed E-state index contributed by atoms with van der Waals surface area (Å²) in [5.74, 6) is -0.740. The van der Waals surface area contributed by atoms with Crippen molar-refractivity contribution >= 4 is 17.7 Å². The van der Waals surface area contributed by atoms with Crippen molar-refractivity contribution < 1.29 is 14.4 Å². The molecule has 3 N–H and O–H groups in total. The molecule has 0 bridgehead atoms. The van der Waals surface area contributed by atoms with E-state index in [-0.39, 0.29) is 24.1 Å². The van der Waals surface area contributed by atoms with E-state index in [4.69, 9.17) is 5.73 Å². The predicted octanol–water partition coefficient (Wildman–Crippen LogP) is 0.159. The van der Waals surface area contributed by atoms with Crippen LogP contribution in [0, 0.1) is 5.41 Å². The van der Waals surface area contributed by atoms with E-state index in [0.29, 0.717) is 6.54 Å². The lowest BCUT2D eigenvalue weighted by Gasteiger charge is -2.30. The molecule has 1 heterocycles. The van der Waals surface area contributed by atoms with Crippen molar-refractivity contribution in [1.82, 2.24) is 10.2 Å². The molecule has 1 saturated carbocycles. The highest BCUT2D eigenvalue weighted by atomic mass is 16.2. The number of likely N-dealkylation sites (N-methyl/N-ethyl adjacent to an activating group) is 1. The lowest BCUT2D eigenvalue weighted by Crippen LogP contribution is -2.51. The summed E-state index contributed by atoms with van der Waals surface area (Å²) < 4.78 is 0. The number of rotatable bonds is 3. The highest BCUT2D eigenvalue weighted by molar-refractivity contribution is 6.06. The summed E-state index contributed by atoms with van der Waals surface area (Å²) in [5.41, 5.74) is 5.28. The first-order valence-electron chi connectivity index (χ1n) is 7.31. The largest absolute Gasteiger partial charge is 0.343 e. The molecule has 1 saturated heterocycles. The highest BCUT2D eigenvalue weighted by Gasteiger charge is 2.42. The molecule has 2 aliphatic rings. The quantitative estimate of drug-likeness (QED) is 0.569. The van der Waals surface area contributed by atoms with E-state index >= 15 is 0 Å². The Hall–Kier alpha value is -1.43. The minimum absolute atomic E-state index is 0.0573. The number of nitrogens with one attached hydrogen (secondary N) is 1. The van der Waals surface area contributed by atoms with Crippen LogP contribution < -0.4 is 11.1 Å². The molecule has 6 nitrogen and oxygen atoms in total. The van der Waals surface area contributed by atoms with Crippen LogP contribution in [-0.2, 0) is 14.4 Å². The Morgan fingerprint density at radius 3 is 2.35 bits per heavy atom. The van der Waals surface area contributed by atoms with Gasteiger partial charge in [0.15, 0.2) is 0 Å². The van der Waals surface area contributed by atoms with Gasteiger partial charge in [-0.1, -0.05) is 25.7 Å². The van der Waals surface area contributed by atoms with E-state index in [0.717, 1.165) is 43.4 Å². The van der Waals surface area contributed by atoms with Gasteiger partial charge in [-0.15, -0.1) is 0 Å². The predicted molar refractivity (Wildman–Crippen MR) is 73.5 cm³/mol. The number of carbonyl (C=O) groups is 3. The van der Waals surface area contributed by atoms with Crippen molar-refractivity contribution in [3.05, 3.63) is 0 Å². The number of hydrogen-bond donors (Lipinski definition) is 2. The van der Waals surface area contributed by atoms with Crippen LogP contribution in [0.25, 0.3) is 0 Å². The molecular formula is C14H23N3O3. The third-order valence-electron chi connectivity index (χ3n) is 4.62. The maximum atomic E-state index is 12.5. The van der Waals surface area contributed by atoms with E-state index in [9.17, 15) is 14.4 Å². The number of nitrogens with two attached hydrogens (primary N) is 1. The fourth-order valence-corrected chi connectivity index (χ4v) is 3.11. The van der Waals surface area contributed by atoms with Gasteiger partial charge in [0.25, 0.3) is 5.91 Å². The standard InChI is InChI=1S/C14H23N3O3/c1-17-11(18)8-10(12(17)19)16-13(20)14(9-15)6-4-2-3-5-7-14/h10H,2-9,15H2,1H3,(H,16,20). The molecule has 6 heteroatoms. The summed E-state index contributed by atoms with van der Waals surface area (Å²) in [6.45, 7) is 0.295. The Morgan fingerprint density at radius 2 is 1.90 bits per heavy atom. The lowest BCUT2D eigenvalue weighted by molar-refractivity contribution is -0.139. The molecule has 2 rings (SSSR count). The second kappa shape index (κ2) is 5.91.